The summed E-state index contributed by atoms with van der Waals surface area (Å²) in [7, 11) is 0. The molecule has 0 saturated carbocycles. The third-order valence-corrected chi connectivity index (χ3v) is 1.83. The summed E-state index contributed by atoms with van der Waals surface area (Å²) in [5, 5.41) is 0. The second-order valence-corrected chi connectivity index (χ2v) is 2.97. The van der Waals surface area contributed by atoms with Crippen LogP contribution < -0.4 is 5.73 Å². The molecule has 0 aromatic carbocycles. The lowest BCUT2D eigenvalue weighted by Crippen LogP contribution is -2.17. The van der Waals surface area contributed by atoms with E-state index >= 15 is 0 Å². The molecule has 1 heterocycles. The SMILES string of the molecule is Cc1nccn1CC(C)CN. The maximum atomic E-state index is 5.50. The molecule has 0 fully saturated rings. The zero-order valence-electron chi connectivity index (χ0n) is 7.12. The van der Waals surface area contributed by atoms with Crippen molar-refractivity contribution in [1.82, 2.24) is 9.55 Å². The van der Waals surface area contributed by atoms with Gasteiger partial charge in [-0.2, -0.15) is 0 Å². The van der Waals surface area contributed by atoms with Gasteiger partial charge < -0.3 is 10.3 Å². The second-order valence-electron chi connectivity index (χ2n) is 2.97. The first-order chi connectivity index (χ1) is 5.24. The van der Waals surface area contributed by atoms with E-state index in [0.717, 1.165) is 18.9 Å². The average molecular weight is 153 g/mol. The molecule has 0 radical (unpaired) electrons. The molecule has 0 spiro atoms. The molecule has 1 unspecified atom stereocenters. The summed E-state index contributed by atoms with van der Waals surface area (Å²) >= 11 is 0. The largest absolute Gasteiger partial charge is 0.335 e. The second kappa shape index (κ2) is 3.53. The quantitative estimate of drug-likeness (QED) is 0.697. The minimum Gasteiger partial charge on any atom is -0.335 e. The highest BCUT2D eigenvalue weighted by Crippen LogP contribution is 2.01. The van der Waals surface area contributed by atoms with Gasteiger partial charge in [-0.1, -0.05) is 6.92 Å². The molecule has 0 saturated heterocycles. The zero-order valence-corrected chi connectivity index (χ0v) is 7.12. The summed E-state index contributed by atoms with van der Waals surface area (Å²) in [5.74, 6) is 1.59. The van der Waals surface area contributed by atoms with E-state index in [4.69, 9.17) is 5.73 Å². The highest BCUT2D eigenvalue weighted by molar-refractivity contribution is 4.88. The number of imidazole rings is 1. The van der Waals surface area contributed by atoms with E-state index in [0.29, 0.717) is 5.92 Å². The summed E-state index contributed by atoms with van der Waals surface area (Å²) < 4.78 is 2.12. The van der Waals surface area contributed by atoms with Gasteiger partial charge in [0, 0.05) is 18.9 Å². The third kappa shape index (κ3) is 2.05. The fourth-order valence-corrected chi connectivity index (χ4v) is 1.01. The molecule has 1 aromatic rings. The van der Waals surface area contributed by atoms with Crippen molar-refractivity contribution in [3.63, 3.8) is 0 Å². The van der Waals surface area contributed by atoms with Crippen LogP contribution in [0, 0.1) is 12.8 Å². The predicted octanol–water partition coefficient (Wildman–Crippen LogP) is 0.786. The van der Waals surface area contributed by atoms with E-state index in [1.165, 1.54) is 0 Å². The Balaban J connectivity index is 2.56. The van der Waals surface area contributed by atoms with Crippen LogP contribution in [0.15, 0.2) is 12.4 Å². The molecule has 1 atom stereocenters. The van der Waals surface area contributed by atoms with Gasteiger partial charge in [0.2, 0.25) is 0 Å². The Bertz CT molecular complexity index is 217. The number of rotatable bonds is 3. The van der Waals surface area contributed by atoms with Gasteiger partial charge in [0.15, 0.2) is 0 Å². The molecule has 1 rings (SSSR count). The van der Waals surface area contributed by atoms with Gasteiger partial charge in [-0.3, -0.25) is 0 Å². The normalized spacial score (nSPS) is 13.4. The summed E-state index contributed by atoms with van der Waals surface area (Å²) in [4.78, 5) is 4.13. The Morgan fingerprint density at radius 3 is 2.91 bits per heavy atom. The Morgan fingerprint density at radius 2 is 2.45 bits per heavy atom. The molecule has 0 bridgehead atoms. The van der Waals surface area contributed by atoms with E-state index in [9.17, 15) is 0 Å². The molecule has 1 aromatic heterocycles. The molecule has 3 heteroatoms. The average Bonchev–Trinajstić information content (AvgIpc) is 2.37. The molecular formula is C8H15N3. The first kappa shape index (κ1) is 8.27. The Morgan fingerprint density at radius 1 is 1.73 bits per heavy atom. The van der Waals surface area contributed by atoms with Gasteiger partial charge in [-0.25, -0.2) is 4.98 Å². The Hall–Kier alpha value is -0.830. The van der Waals surface area contributed by atoms with Crippen LogP contribution in [-0.2, 0) is 6.54 Å². The van der Waals surface area contributed by atoms with Crippen LogP contribution in [0.4, 0.5) is 0 Å². The number of hydrogen-bond donors (Lipinski definition) is 1. The summed E-state index contributed by atoms with van der Waals surface area (Å²) in [6, 6.07) is 0. The molecule has 0 aliphatic heterocycles. The van der Waals surface area contributed by atoms with Gasteiger partial charge in [0.25, 0.3) is 0 Å². The van der Waals surface area contributed by atoms with Gasteiger partial charge in [0.1, 0.15) is 5.82 Å². The van der Waals surface area contributed by atoms with Gasteiger partial charge in [0.05, 0.1) is 0 Å². The minimum absolute atomic E-state index is 0.530. The number of nitrogens with zero attached hydrogens (tertiary/aromatic N) is 2. The first-order valence-corrected chi connectivity index (χ1v) is 3.92. The summed E-state index contributed by atoms with van der Waals surface area (Å²) in [6.07, 6.45) is 3.81. The van der Waals surface area contributed by atoms with E-state index in [-0.39, 0.29) is 0 Å². The van der Waals surface area contributed by atoms with Gasteiger partial charge in [-0.15, -0.1) is 0 Å². The van der Waals surface area contributed by atoms with Crippen LogP contribution in [0.1, 0.15) is 12.7 Å². The van der Waals surface area contributed by atoms with Crippen molar-refractivity contribution in [2.45, 2.75) is 20.4 Å². The molecular weight excluding hydrogens is 138 g/mol. The van der Waals surface area contributed by atoms with Gasteiger partial charge in [-0.05, 0) is 19.4 Å². The van der Waals surface area contributed by atoms with Crippen molar-refractivity contribution in [3.8, 4) is 0 Å². The highest BCUT2D eigenvalue weighted by Gasteiger charge is 2.01. The lowest BCUT2D eigenvalue weighted by Gasteiger charge is -2.09. The van der Waals surface area contributed by atoms with E-state index in [2.05, 4.69) is 16.5 Å². The maximum absolute atomic E-state index is 5.50. The van der Waals surface area contributed by atoms with Crippen molar-refractivity contribution in [1.29, 1.82) is 0 Å². The van der Waals surface area contributed by atoms with E-state index < -0.39 is 0 Å². The van der Waals surface area contributed by atoms with Crippen molar-refractivity contribution in [2.24, 2.45) is 11.7 Å². The van der Waals surface area contributed by atoms with Crippen molar-refractivity contribution in [2.75, 3.05) is 6.54 Å². The molecule has 0 amide bonds. The standard InChI is InChI=1S/C8H15N3/c1-7(5-9)6-11-4-3-10-8(11)2/h3-4,7H,5-6,9H2,1-2H3. The molecule has 62 valence electrons. The van der Waals surface area contributed by atoms with Crippen LogP contribution in [0.25, 0.3) is 0 Å². The van der Waals surface area contributed by atoms with Crippen molar-refractivity contribution in [3.05, 3.63) is 18.2 Å². The number of aromatic nitrogens is 2. The smallest absolute Gasteiger partial charge is 0.105 e. The van der Waals surface area contributed by atoms with E-state index in [1.54, 1.807) is 0 Å². The monoisotopic (exact) mass is 153 g/mol. The van der Waals surface area contributed by atoms with Gasteiger partial charge >= 0.3 is 0 Å². The van der Waals surface area contributed by atoms with Crippen LogP contribution in [0.2, 0.25) is 0 Å². The van der Waals surface area contributed by atoms with Crippen molar-refractivity contribution < 1.29 is 0 Å². The molecule has 2 N–H and O–H groups in total. The summed E-state index contributed by atoms with van der Waals surface area (Å²) in [6.45, 7) is 5.85. The third-order valence-electron chi connectivity index (χ3n) is 1.83. The van der Waals surface area contributed by atoms with Crippen LogP contribution in [-0.4, -0.2) is 16.1 Å². The number of aryl methyl sites for hydroxylation is 1. The number of nitrogens with two attached hydrogens (primary N) is 1. The fraction of sp³-hybridized carbons (Fsp3) is 0.625. The first-order valence-electron chi connectivity index (χ1n) is 3.92. The minimum atomic E-state index is 0.530. The van der Waals surface area contributed by atoms with E-state index in [1.807, 2.05) is 19.3 Å². The highest BCUT2D eigenvalue weighted by atomic mass is 15.1. The molecule has 11 heavy (non-hydrogen) atoms. The summed E-state index contributed by atoms with van der Waals surface area (Å²) in [5.41, 5.74) is 5.50. The lowest BCUT2D eigenvalue weighted by molar-refractivity contribution is 0.484. The Kier molecular flexibility index (Phi) is 2.65. The van der Waals surface area contributed by atoms with Crippen LogP contribution in [0.3, 0.4) is 0 Å². The Labute approximate surface area is 67.2 Å². The fourth-order valence-electron chi connectivity index (χ4n) is 1.01. The van der Waals surface area contributed by atoms with Crippen LogP contribution >= 0.6 is 0 Å². The van der Waals surface area contributed by atoms with Crippen molar-refractivity contribution >= 4 is 0 Å². The lowest BCUT2D eigenvalue weighted by atomic mass is 10.2. The maximum Gasteiger partial charge on any atom is 0.105 e. The number of hydrogen-bond acceptors (Lipinski definition) is 2. The topological polar surface area (TPSA) is 43.8 Å². The molecule has 0 aliphatic rings. The predicted molar refractivity (Wildman–Crippen MR) is 45.2 cm³/mol. The molecule has 3 nitrogen and oxygen atoms in total. The zero-order chi connectivity index (χ0) is 8.27. The van der Waals surface area contributed by atoms with Crippen LogP contribution in [0.5, 0.6) is 0 Å². The molecule has 0 aliphatic carbocycles.